The van der Waals surface area contributed by atoms with Crippen molar-refractivity contribution in [3.8, 4) is 0 Å². The van der Waals surface area contributed by atoms with Gasteiger partial charge in [0.1, 0.15) is 0 Å². The van der Waals surface area contributed by atoms with E-state index in [1.165, 1.54) is 6.92 Å². The Bertz CT molecular complexity index is 544. The Morgan fingerprint density at radius 2 is 1.80 bits per heavy atom. The molecular formula is C12H16ClN3O4. The summed E-state index contributed by atoms with van der Waals surface area (Å²) >= 11 is 5.85. The van der Waals surface area contributed by atoms with E-state index in [0.29, 0.717) is 12.8 Å². The summed E-state index contributed by atoms with van der Waals surface area (Å²) in [5.41, 5.74) is -0.568. The van der Waals surface area contributed by atoms with Gasteiger partial charge in [-0.05, 0) is 19.8 Å². The van der Waals surface area contributed by atoms with Crippen molar-refractivity contribution in [2.24, 2.45) is 0 Å². The van der Waals surface area contributed by atoms with Crippen LogP contribution >= 0.6 is 11.6 Å². The SMILES string of the molecule is CCC(CC)Nc1c([N+](=O)[O-])cc(Cl)c(C)c1[N+](=O)[O-]. The number of nitrogens with zero attached hydrogens (tertiary/aromatic N) is 2. The second-order valence-electron chi connectivity index (χ2n) is 4.40. The smallest absolute Gasteiger partial charge is 0.303 e. The van der Waals surface area contributed by atoms with Gasteiger partial charge in [0.25, 0.3) is 0 Å². The zero-order valence-electron chi connectivity index (χ0n) is 11.5. The predicted octanol–water partition coefficient (Wildman–Crippen LogP) is 4.07. The second kappa shape index (κ2) is 6.51. The minimum atomic E-state index is -0.664. The standard InChI is InChI=1S/C12H16ClN3O4/c1-4-8(5-2)14-11-10(15(17)18)6-9(13)7(3)12(11)16(19)20/h6,8,14H,4-5H2,1-3H3. The van der Waals surface area contributed by atoms with E-state index in [1.807, 2.05) is 13.8 Å². The molecule has 0 unspecified atom stereocenters. The first-order chi connectivity index (χ1) is 9.33. The molecule has 0 spiro atoms. The average molecular weight is 302 g/mol. The molecule has 0 bridgehead atoms. The van der Waals surface area contributed by atoms with Crippen LogP contribution in [0.25, 0.3) is 0 Å². The first-order valence-corrected chi connectivity index (χ1v) is 6.59. The zero-order chi connectivity index (χ0) is 15.4. The summed E-state index contributed by atoms with van der Waals surface area (Å²) in [6.07, 6.45) is 1.40. The van der Waals surface area contributed by atoms with Crippen molar-refractivity contribution < 1.29 is 9.85 Å². The first kappa shape index (κ1) is 16.2. The Morgan fingerprint density at radius 1 is 1.25 bits per heavy atom. The number of rotatable bonds is 6. The van der Waals surface area contributed by atoms with Gasteiger partial charge in [0.2, 0.25) is 0 Å². The predicted molar refractivity (Wildman–Crippen MR) is 77.5 cm³/mol. The minimum Gasteiger partial charge on any atom is -0.371 e. The Kier molecular flexibility index (Phi) is 5.26. The molecule has 0 aliphatic rings. The van der Waals surface area contributed by atoms with Gasteiger partial charge in [0.05, 0.1) is 14.9 Å². The normalized spacial score (nSPS) is 10.7. The molecule has 1 aromatic rings. The van der Waals surface area contributed by atoms with Gasteiger partial charge in [-0.25, -0.2) is 0 Å². The summed E-state index contributed by atoms with van der Waals surface area (Å²) in [6.45, 7) is 5.28. The van der Waals surface area contributed by atoms with Gasteiger partial charge in [0, 0.05) is 17.7 Å². The Balaban J connectivity index is 3.54. The molecular weight excluding hydrogens is 286 g/mol. The summed E-state index contributed by atoms with van der Waals surface area (Å²) in [6, 6.07) is 1.07. The number of nitro benzene ring substituents is 2. The maximum absolute atomic E-state index is 11.2. The van der Waals surface area contributed by atoms with Gasteiger partial charge >= 0.3 is 11.4 Å². The maximum atomic E-state index is 11.2. The fourth-order valence-electron chi connectivity index (χ4n) is 1.93. The molecule has 0 fully saturated rings. The highest BCUT2D eigenvalue weighted by Gasteiger charge is 2.30. The van der Waals surface area contributed by atoms with Gasteiger partial charge in [-0.2, -0.15) is 0 Å². The molecule has 0 aliphatic carbocycles. The van der Waals surface area contributed by atoms with Crippen LogP contribution in [-0.4, -0.2) is 15.9 Å². The molecule has 7 nitrogen and oxygen atoms in total. The Morgan fingerprint density at radius 3 is 2.20 bits per heavy atom. The fourth-order valence-corrected chi connectivity index (χ4v) is 2.13. The van der Waals surface area contributed by atoms with Crippen LogP contribution in [0.5, 0.6) is 0 Å². The molecule has 20 heavy (non-hydrogen) atoms. The van der Waals surface area contributed by atoms with Crippen molar-refractivity contribution in [2.45, 2.75) is 39.7 Å². The monoisotopic (exact) mass is 301 g/mol. The number of hydrogen-bond acceptors (Lipinski definition) is 5. The van der Waals surface area contributed by atoms with Crippen LogP contribution in [0.3, 0.4) is 0 Å². The number of halogens is 1. The van der Waals surface area contributed by atoms with Crippen molar-refractivity contribution in [1.29, 1.82) is 0 Å². The summed E-state index contributed by atoms with van der Waals surface area (Å²) in [5, 5.41) is 25.2. The lowest BCUT2D eigenvalue weighted by molar-refractivity contribution is -0.392. The van der Waals surface area contributed by atoms with E-state index in [-0.39, 0.29) is 33.7 Å². The van der Waals surface area contributed by atoms with Gasteiger partial charge in [-0.3, -0.25) is 20.2 Å². The number of hydrogen-bond donors (Lipinski definition) is 1. The molecule has 0 amide bonds. The largest absolute Gasteiger partial charge is 0.371 e. The molecule has 0 atom stereocenters. The lowest BCUT2D eigenvalue weighted by Gasteiger charge is -2.17. The van der Waals surface area contributed by atoms with E-state index in [4.69, 9.17) is 11.6 Å². The van der Waals surface area contributed by atoms with E-state index in [0.717, 1.165) is 6.07 Å². The molecule has 1 aromatic carbocycles. The van der Waals surface area contributed by atoms with Crippen LogP contribution in [0.2, 0.25) is 5.02 Å². The average Bonchev–Trinajstić information content (AvgIpc) is 2.38. The zero-order valence-corrected chi connectivity index (χ0v) is 12.2. The highest BCUT2D eigenvalue weighted by molar-refractivity contribution is 6.32. The number of nitrogens with one attached hydrogen (secondary N) is 1. The molecule has 0 aliphatic heterocycles. The van der Waals surface area contributed by atoms with Crippen LogP contribution < -0.4 is 5.32 Å². The van der Waals surface area contributed by atoms with Crippen molar-refractivity contribution in [3.63, 3.8) is 0 Å². The van der Waals surface area contributed by atoms with E-state index >= 15 is 0 Å². The van der Waals surface area contributed by atoms with E-state index < -0.39 is 9.85 Å². The third-order valence-corrected chi connectivity index (χ3v) is 3.58. The van der Waals surface area contributed by atoms with E-state index in [2.05, 4.69) is 5.32 Å². The lowest BCUT2D eigenvalue weighted by atomic mass is 10.1. The van der Waals surface area contributed by atoms with Crippen molar-refractivity contribution >= 4 is 28.7 Å². The molecule has 0 saturated heterocycles. The lowest BCUT2D eigenvalue weighted by Crippen LogP contribution is -2.19. The van der Waals surface area contributed by atoms with Crippen LogP contribution in [0.1, 0.15) is 32.3 Å². The number of nitro groups is 2. The number of benzene rings is 1. The van der Waals surface area contributed by atoms with Crippen molar-refractivity contribution in [2.75, 3.05) is 5.32 Å². The summed E-state index contributed by atoms with van der Waals surface area (Å²) in [7, 11) is 0. The Hall–Kier alpha value is -1.89. The van der Waals surface area contributed by atoms with Crippen LogP contribution in [0, 0.1) is 27.2 Å². The second-order valence-corrected chi connectivity index (χ2v) is 4.81. The fraction of sp³-hybridized carbons (Fsp3) is 0.500. The molecule has 1 rings (SSSR count). The summed E-state index contributed by atoms with van der Waals surface area (Å²) < 4.78 is 0. The van der Waals surface area contributed by atoms with Gasteiger partial charge < -0.3 is 5.32 Å². The van der Waals surface area contributed by atoms with Crippen molar-refractivity contribution in [1.82, 2.24) is 0 Å². The van der Waals surface area contributed by atoms with Crippen LogP contribution in [-0.2, 0) is 0 Å². The first-order valence-electron chi connectivity index (χ1n) is 6.21. The summed E-state index contributed by atoms with van der Waals surface area (Å²) in [4.78, 5) is 21.0. The van der Waals surface area contributed by atoms with Gasteiger partial charge in [-0.15, -0.1) is 0 Å². The maximum Gasteiger partial charge on any atom is 0.303 e. The molecule has 1 N–H and O–H groups in total. The molecule has 0 saturated carbocycles. The number of anilines is 1. The Labute approximate surface area is 121 Å². The van der Waals surface area contributed by atoms with Gasteiger partial charge in [0.15, 0.2) is 5.69 Å². The molecule has 110 valence electrons. The molecule has 0 radical (unpaired) electrons. The highest BCUT2D eigenvalue weighted by Crippen LogP contribution is 2.41. The van der Waals surface area contributed by atoms with Crippen LogP contribution in [0.15, 0.2) is 6.07 Å². The van der Waals surface area contributed by atoms with Gasteiger partial charge in [-0.1, -0.05) is 25.4 Å². The van der Waals surface area contributed by atoms with Crippen molar-refractivity contribution in [3.05, 3.63) is 36.9 Å². The molecule has 0 heterocycles. The quantitative estimate of drug-likeness (QED) is 0.631. The van der Waals surface area contributed by atoms with E-state index in [9.17, 15) is 20.2 Å². The summed E-state index contributed by atoms with van der Waals surface area (Å²) in [5.74, 6) is 0. The molecule has 8 heteroatoms. The third kappa shape index (κ3) is 3.16. The van der Waals surface area contributed by atoms with Crippen LogP contribution in [0.4, 0.5) is 17.1 Å². The molecule has 0 aromatic heterocycles. The van der Waals surface area contributed by atoms with E-state index in [1.54, 1.807) is 0 Å². The minimum absolute atomic E-state index is 0.0125. The highest BCUT2D eigenvalue weighted by atomic mass is 35.5. The third-order valence-electron chi connectivity index (χ3n) is 3.18. The topological polar surface area (TPSA) is 98.3 Å².